The first-order chi connectivity index (χ1) is 10.1. The number of halogens is 2. The fraction of sp³-hybridized carbons (Fsp3) is 0.625. The summed E-state index contributed by atoms with van der Waals surface area (Å²) in [7, 11) is 0. The molecule has 2 fully saturated rings. The van der Waals surface area contributed by atoms with Crippen LogP contribution < -0.4 is 5.32 Å². The normalized spacial score (nSPS) is 25.6. The van der Waals surface area contributed by atoms with Gasteiger partial charge in [0.1, 0.15) is 5.82 Å². The molecular formula is C16H22ClFN2O. The maximum absolute atomic E-state index is 13.1. The number of aliphatic hydroxyl groups excluding tert-OH is 1. The van der Waals surface area contributed by atoms with Gasteiger partial charge in [-0.1, -0.05) is 17.7 Å². The third-order valence-electron chi connectivity index (χ3n) is 5.11. The summed E-state index contributed by atoms with van der Waals surface area (Å²) in [5.74, 6) is 0.0343. The number of rotatable bonds is 3. The third-order valence-corrected chi connectivity index (χ3v) is 5.46. The van der Waals surface area contributed by atoms with Crippen LogP contribution in [0.25, 0.3) is 0 Å². The highest BCUT2D eigenvalue weighted by atomic mass is 35.5. The van der Waals surface area contributed by atoms with Gasteiger partial charge in [0.2, 0.25) is 0 Å². The van der Waals surface area contributed by atoms with Crippen molar-refractivity contribution in [2.45, 2.75) is 19.4 Å². The molecule has 1 atom stereocenters. The van der Waals surface area contributed by atoms with Crippen molar-refractivity contribution < 1.29 is 9.50 Å². The summed E-state index contributed by atoms with van der Waals surface area (Å²) in [6, 6.07) is 4.59. The van der Waals surface area contributed by atoms with E-state index in [1.807, 2.05) is 0 Å². The topological polar surface area (TPSA) is 35.5 Å². The predicted molar refractivity (Wildman–Crippen MR) is 81.8 cm³/mol. The van der Waals surface area contributed by atoms with Crippen LogP contribution in [0.3, 0.4) is 0 Å². The quantitative estimate of drug-likeness (QED) is 0.899. The molecule has 0 saturated carbocycles. The summed E-state index contributed by atoms with van der Waals surface area (Å²) >= 11 is 6.13. The van der Waals surface area contributed by atoms with E-state index in [2.05, 4.69) is 10.2 Å². The minimum Gasteiger partial charge on any atom is -0.396 e. The Morgan fingerprint density at radius 2 is 2.14 bits per heavy atom. The number of benzene rings is 1. The lowest BCUT2D eigenvalue weighted by Gasteiger charge is -2.38. The zero-order valence-corrected chi connectivity index (χ0v) is 12.9. The first kappa shape index (κ1) is 15.2. The van der Waals surface area contributed by atoms with Crippen LogP contribution >= 0.6 is 11.6 Å². The average Bonchev–Trinajstić information content (AvgIpc) is 2.80. The molecule has 1 aromatic rings. The van der Waals surface area contributed by atoms with Gasteiger partial charge in [-0.2, -0.15) is 0 Å². The van der Waals surface area contributed by atoms with Crippen LogP contribution in [0.4, 0.5) is 4.39 Å². The maximum atomic E-state index is 13.1. The first-order valence-electron chi connectivity index (χ1n) is 7.61. The molecule has 3 rings (SSSR count). The van der Waals surface area contributed by atoms with E-state index >= 15 is 0 Å². The van der Waals surface area contributed by atoms with Gasteiger partial charge in [0.25, 0.3) is 0 Å². The van der Waals surface area contributed by atoms with Crippen molar-refractivity contribution in [3.8, 4) is 0 Å². The van der Waals surface area contributed by atoms with E-state index < -0.39 is 0 Å². The number of likely N-dealkylation sites (tertiary alicyclic amines) is 1. The van der Waals surface area contributed by atoms with Crippen molar-refractivity contribution in [1.82, 2.24) is 10.2 Å². The van der Waals surface area contributed by atoms with Gasteiger partial charge in [-0.25, -0.2) is 4.39 Å². The Morgan fingerprint density at radius 3 is 2.81 bits per heavy atom. The summed E-state index contributed by atoms with van der Waals surface area (Å²) < 4.78 is 13.1. The number of piperidine rings is 1. The van der Waals surface area contributed by atoms with Gasteiger partial charge in [0.15, 0.2) is 0 Å². The Hall–Kier alpha value is -0.680. The highest BCUT2D eigenvalue weighted by Crippen LogP contribution is 2.43. The Kier molecular flexibility index (Phi) is 4.50. The van der Waals surface area contributed by atoms with Crippen LogP contribution in [0, 0.1) is 17.2 Å². The highest BCUT2D eigenvalue weighted by molar-refractivity contribution is 6.31. The maximum Gasteiger partial charge on any atom is 0.124 e. The van der Waals surface area contributed by atoms with Crippen molar-refractivity contribution in [2.75, 3.05) is 32.8 Å². The molecule has 2 N–H and O–H groups in total. The van der Waals surface area contributed by atoms with Gasteiger partial charge in [-0.3, -0.25) is 4.90 Å². The van der Waals surface area contributed by atoms with Crippen LogP contribution in [0.2, 0.25) is 5.02 Å². The second-order valence-electron chi connectivity index (χ2n) is 6.40. The lowest BCUT2D eigenvalue weighted by molar-refractivity contribution is 0.0984. The largest absolute Gasteiger partial charge is 0.396 e. The van der Waals surface area contributed by atoms with Crippen molar-refractivity contribution in [2.24, 2.45) is 11.3 Å². The van der Waals surface area contributed by atoms with E-state index in [0.717, 1.165) is 51.1 Å². The van der Waals surface area contributed by atoms with E-state index in [4.69, 9.17) is 11.6 Å². The summed E-state index contributed by atoms with van der Waals surface area (Å²) in [6.45, 7) is 4.92. The Balaban J connectivity index is 1.72. The SMILES string of the molecule is OCC1CN(Cc2ccc(F)cc2Cl)CC12CCNCC2. The number of nitrogens with one attached hydrogen (secondary N) is 1. The minimum absolute atomic E-state index is 0.229. The second-order valence-corrected chi connectivity index (χ2v) is 6.80. The third kappa shape index (κ3) is 3.09. The number of hydrogen-bond donors (Lipinski definition) is 2. The molecule has 2 aliphatic heterocycles. The Bertz CT molecular complexity index is 505. The predicted octanol–water partition coefficient (Wildman–Crippen LogP) is 2.27. The van der Waals surface area contributed by atoms with Crippen molar-refractivity contribution in [3.63, 3.8) is 0 Å². The van der Waals surface area contributed by atoms with E-state index in [0.29, 0.717) is 10.9 Å². The molecule has 0 aromatic heterocycles. The van der Waals surface area contributed by atoms with Crippen LogP contribution in [-0.4, -0.2) is 42.8 Å². The number of aliphatic hydroxyl groups is 1. The van der Waals surface area contributed by atoms with Gasteiger partial charge in [0, 0.05) is 37.2 Å². The zero-order chi connectivity index (χ0) is 14.9. The lowest BCUT2D eigenvalue weighted by Crippen LogP contribution is -2.42. The van der Waals surface area contributed by atoms with Crippen LogP contribution in [0.15, 0.2) is 18.2 Å². The van der Waals surface area contributed by atoms with Crippen LogP contribution in [0.5, 0.6) is 0 Å². The van der Waals surface area contributed by atoms with E-state index in [9.17, 15) is 9.50 Å². The van der Waals surface area contributed by atoms with Gasteiger partial charge in [-0.15, -0.1) is 0 Å². The number of nitrogens with zero attached hydrogens (tertiary/aromatic N) is 1. The lowest BCUT2D eigenvalue weighted by atomic mass is 9.71. The molecule has 1 spiro atoms. The van der Waals surface area contributed by atoms with Gasteiger partial charge < -0.3 is 10.4 Å². The molecule has 5 heteroatoms. The standard InChI is InChI=1S/C16H22ClFN2O/c17-15-7-14(18)2-1-12(15)8-20-9-13(10-21)16(11-20)3-5-19-6-4-16/h1-2,7,13,19,21H,3-6,8-11H2. The molecule has 2 aliphatic rings. The van der Waals surface area contributed by atoms with Crippen LogP contribution in [0.1, 0.15) is 18.4 Å². The molecule has 1 unspecified atom stereocenters. The molecular weight excluding hydrogens is 291 g/mol. The Labute approximate surface area is 130 Å². The molecule has 21 heavy (non-hydrogen) atoms. The average molecular weight is 313 g/mol. The second kappa shape index (κ2) is 6.21. The Morgan fingerprint density at radius 1 is 1.38 bits per heavy atom. The van der Waals surface area contributed by atoms with Crippen molar-refractivity contribution in [3.05, 3.63) is 34.6 Å². The highest BCUT2D eigenvalue weighted by Gasteiger charge is 2.46. The van der Waals surface area contributed by atoms with Crippen LogP contribution in [-0.2, 0) is 6.54 Å². The van der Waals surface area contributed by atoms with E-state index in [-0.39, 0.29) is 17.8 Å². The molecule has 0 amide bonds. The summed E-state index contributed by atoms with van der Waals surface area (Å²) in [5.41, 5.74) is 1.19. The molecule has 2 heterocycles. The van der Waals surface area contributed by atoms with E-state index in [1.54, 1.807) is 6.07 Å². The van der Waals surface area contributed by atoms with Crippen molar-refractivity contribution in [1.29, 1.82) is 0 Å². The fourth-order valence-electron chi connectivity index (χ4n) is 3.90. The molecule has 2 saturated heterocycles. The smallest absolute Gasteiger partial charge is 0.124 e. The van der Waals surface area contributed by atoms with Crippen molar-refractivity contribution >= 4 is 11.6 Å². The molecule has 116 valence electrons. The summed E-state index contributed by atoms with van der Waals surface area (Å²) in [6.07, 6.45) is 2.23. The van der Waals surface area contributed by atoms with Gasteiger partial charge in [0.05, 0.1) is 0 Å². The fourth-order valence-corrected chi connectivity index (χ4v) is 4.12. The monoisotopic (exact) mass is 312 g/mol. The molecule has 0 bridgehead atoms. The first-order valence-corrected chi connectivity index (χ1v) is 7.99. The van der Waals surface area contributed by atoms with Gasteiger partial charge in [-0.05, 0) is 49.0 Å². The summed E-state index contributed by atoms with van der Waals surface area (Å²) in [4.78, 5) is 2.35. The minimum atomic E-state index is -0.298. The zero-order valence-electron chi connectivity index (χ0n) is 12.1. The molecule has 0 radical (unpaired) electrons. The van der Waals surface area contributed by atoms with Gasteiger partial charge >= 0.3 is 0 Å². The number of hydrogen-bond acceptors (Lipinski definition) is 3. The molecule has 3 nitrogen and oxygen atoms in total. The molecule has 1 aromatic carbocycles. The molecule has 0 aliphatic carbocycles. The summed E-state index contributed by atoms with van der Waals surface area (Å²) in [5, 5.41) is 13.6. The van der Waals surface area contributed by atoms with E-state index in [1.165, 1.54) is 12.1 Å².